The van der Waals surface area contributed by atoms with E-state index in [2.05, 4.69) is 15.0 Å². The zero-order valence-corrected chi connectivity index (χ0v) is 9.44. The van der Waals surface area contributed by atoms with E-state index in [0.29, 0.717) is 0 Å². The number of H-pyrrole nitrogens is 1. The highest BCUT2D eigenvalue weighted by molar-refractivity contribution is 5.76. The first kappa shape index (κ1) is 9.84. The van der Waals surface area contributed by atoms with Crippen molar-refractivity contribution >= 4 is 16.9 Å². The van der Waals surface area contributed by atoms with Crippen LogP contribution in [0.5, 0.6) is 0 Å². The fourth-order valence-electron chi connectivity index (χ4n) is 1.81. The maximum absolute atomic E-state index is 5.76. The molecule has 0 fully saturated rings. The van der Waals surface area contributed by atoms with Crippen molar-refractivity contribution in [3.05, 3.63) is 42.1 Å². The van der Waals surface area contributed by atoms with E-state index in [-0.39, 0.29) is 0 Å². The van der Waals surface area contributed by atoms with Crippen LogP contribution < -0.4 is 5.73 Å². The number of nitrogens with zero attached hydrogens (tertiary/aromatic N) is 2. The predicted octanol–water partition coefficient (Wildman–Crippen LogP) is 2.52. The zero-order chi connectivity index (χ0) is 11.8. The van der Waals surface area contributed by atoms with Crippen LogP contribution in [-0.2, 0) is 0 Å². The number of anilines is 1. The van der Waals surface area contributed by atoms with E-state index in [1.165, 1.54) is 0 Å². The highest BCUT2D eigenvalue weighted by atomic mass is 15.0. The van der Waals surface area contributed by atoms with Gasteiger partial charge in [-0.05, 0) is 31.2 Å². The van der Waals surface area contributed by atoms with Crippen molar-refractivity contribution in [1.82, 2.24) is 15.0 Å². The number of hydrogen-bond donors (Lipinski definition) is 2. The summed E-state index contributed by atoms with van der Waals surface area (Å²) in [6, 6.07) is 11.6. The summed E-state index contributed by atoms with van der Waals surface area (Å²) in [7, 11) is 0. The molecule has 0 aliphatic rings. The molecule has 4 heteroatoms. The molecule has 4 nitrogen and oxygen atoms in total. The monoisotopic (exact) mass is 224 g/mol. The summed E-state index contributed by atoms with van der Waals surface area (Å²) in [4.78, 5) is 12.1. The molecule has 2 heterocycles. The first-order valence-corrected chi connectivity index (χ1v) is 5.42. The molecule has 3 aromatic rings. The number of nitrogens with two attached hydrogens (primary N) is 1. The Bertz CT molecular complexity index is 685. The number of benzene rings is 1. The molecule has 0 amide bonds. The van der Waals surface area contributed by atoms with E-state index >= 15 is 0 Å². The first-order chi connectivity index (χ1) is 8.22. The van der Waals surface area contributed by atoms with Crippen molar-refractivity contribution in [1.29, 1.82) is 0 Å². The lowest BCUT2D eigenvalue weighted by atomic mass is 10.2. The highest BCUT2D eigenvalue weighted by Crippen LogP contribution is 2.21. The van der Waals surface area contributed by atoms with E-state index < -0.39 is 0 Å². The van der Waals surface area contributed by atoms with Gasteiger partial charge in [0.2, 0.25) is 0 Å². The van der Waals surface area contributed by atoms with Gasteiger partial charge >= 0.3 is 0 Å². The third kappa shape index (κ3) is 1.73. The summed E-state index contributed by atoms with van der Waals surface area (Å²) >= 11 is 0. The van der Waals surface area contributed by atoms with Gasteiger partial charge in [0.25, 0.3) is 0 Å². The van der Waals surface area contributed by atoms with Gasteiger partial charge in [-0.25, -0.2) is 9.97 Å². The normalized spacial score (nSPS) is 10.9. The van der Waals surface area contributed by atoms with Crippen LogP contribution in [0.3, 0.4) is 0 Å². The van der Waals surface area contributed by atoms with Crippen LogP contribution in [0.4, 0.5) is 5.69 Å². The maximum atomic E-state index is 5.76. The number of aromatic amines is 1. The molecular weight excluding hydrogens is 212 g/mol. The Morgan fingerprint density at radius 3 is 2.82 bits per heavy atom. The molecule has 17 heavy (non-hydrogen) atoms. The maximum Gasteiger partial charge on any atom is 0.178 e. The van der Waals surface area contributed by atoms with E-state index in [1.54, 1.807) is 0 Å². The van der Waals surface area contributed by atoms with E-state index in [0.717, 1.165) is 33.9 Å². The average Bonchev–Trinajstić information content (AvgIpc) is 2.72. The number of hydrogen-bond acceptors (Lipinski definition) is 3. The number of pyridine rings is 1. The van der Waals surface area contributed by atoms with Gasteiger partial charge < -0.3 is 10.7 Å². The van der Waals surface area contributed by atoms with Crippen molar-refractivity contribution in [2.24, 2.45) is 0 Å². The molecule has 3 N–H and O–H groups in total. The third-order valence-corrected chi connectivity index (χ3v) is 2.65. The summed E-state index contributed by atoms with van der Waals surface area (Å²) in [5.74, 6) is 0.797. The molecular formula is C13H12N4. The molecule has 1 aromatic carbocycles. The largest absolute Gasteiger partial charge is 0.399 e. The van der Waals surface area contributed by atoms with Gasteiger partial charge in [0, 0.05) is 16.9 Å². The van der Waals surface area contributed by atoms with Crippen molar-refractivity contribution in [2.45, 2.75) is 6.92 Å². The van der Waals surface area contributed by atoms with Crippen molar-refractivity contribution in [2.75, 3.05) is 5.73 Å². The molecule has 84 valence electrons. The van der Waals surface area contributed by atoms with Crippen molar-refractivity contribution < 1.29 is 0 Å². The molecule has 0 unspecified atom stereocenters. The van der Waals surface area contributed by atoms with Crippen LogP contribution in [0.25, 0.3) is 22.6 Å². The Morgan fingerprint density at radius 1 is 1.12 bits per heavy atom. The standard InChI is InChI=1S/C13H12N4/c1-8-5-6-11-13(15-8)17-12(16-11)9-3-2-4-10(14)7-9/h2-7H,14H2,1H3,(H,15,16,17). The van der Waals surface area contributed by atoms with Crippen LogP contribution in [0.15, 0.2) is 36.4 Å². The molecule has 0 saturated carbocycles. The van der Waals surface area contributed by atoms with Crippen molar-refractivity contribution in [3.8, 4) is 11.4 Å². The second kappa shape index (κ2) is 3.59. The fourth-order valence-corrected chi connectivity index (χ4v) is 1.81. The summed E-state index contributed by atoms with van der Waals surface area (Å²) in [6.07, 6.45) is 0. The Morgan fingerprint density at radius 2 is 2.00 bits per heavy atom. The van der Waals surface area contributed by atoms with Gasteiger partial charge in [0.1, 0.15) is 5.82 Å². The minimum absolute atomic E-state index is 0.729. The van der Waals surface area contributed by atoms with Crippen LogP contribution in [-0.4, -0.2) is 15.0 Å². The Balaban J connectivity index is 2.18. The van der Waals surface area contributed by atoms with Crippen LogP contribution in [0.2, 0.25) is 0 Å². The van der Waals surface area contributed by atoms with Gasteiger partial charge in [0.15, 0.2) is 5.65 Å². The lowest BCUT2D eigenvalue weighted by Crippen LogP contribution is -1.86. The SMILES string of the molecule is Cc1ccc2[nH]c(-c3cccc(N)c3)nc2n1. The minimum Gasteiger partial charge on any atom is -0.399 e. The van der Waals surface area contributed by atoms with Gasteiger partial charge in [-0.1, -0.05) is 12.1 Å². The van der Waals surface area contributed by atoms with Gasteiger partial charge in [-0.15, -0.1) is 0 Å². The van der Waals surface area contributed by atoms with E-state index in [1.807, 2.05) is 43.3 Å². The highest BCUT2D eigenvalue weighted by Gasteiger charge is 2.06. The summed E-state index contributed by atoms with van der Waals surface area (Å²) in [6.45, 7) is 1.95. The molecule has 3 rings (SSSR count). The van der Waals surface area contributed by atoms with Gasteiger partial charge in [0.05, 0.1) is 5.52 Å². The summed E-state index contributed by atoms with van der Waals surface area (Å²) in [5.41, 5.74) is 10.1. The number of fused-ring (bicyclic) bond motifs is 1. The topological polar surface area (TPSA) is 67.6 Å². The smallest absolute Gasteiger partial charge is 0.178 e. The first-order valence-electron chi connectivity index (χ1n) is 5.42. The van der Waals surface area contributed by atoms with E-state index in [9.17, 15) is 0 Å². The van der Waals surface area contributed by atoms with E-state index in [4.69, 9.17) is 5.73 Å². The third-order valence-electron chi connectivity index (χ3n) is 2.65. The van der Waals surface area contributed by atoms with Crippen LogP contribution >= 0.6 is 0 Å². The van der Waals surface area contributed by atoms with Gasteiger partial charge in [-0.3, -0.25) is 0 Å². The van der Waals surface area contributed by atoms with Crippen LogP contribution in [0.1, 0.15) is 5.69 Å². The number of nitrogen functional groups attached to an aromatic ring is 1. The number of nitrogens with one attached hydrogen (secondary N) is 1. The van der Waals surface area contributed by atoms with Gasteiger partial charge in [-0.2, -0.15) is 0 Å². The molecule has 0 aliphatic carbocycles. The minimum atomic E-state index is 0.729. The molecule has 0 bridgehead atoms. The molecule has 0 aliphatic heterocycles. The number of aryl methyl sites for hydroxylation is 1. The predicted molar refractivity (Wildman–Crippen MR) is 68.5 cm³/mol. The summed E-state index contributed by atoms with van der Waals surface area (Å²) < 4.78 is 0. The Hall–Kier alpha value is -2.36. The number of imidazole rings is 1. The lowest BCUT2D eigenvalue weighted by molar-refractivity contribution is 1.22. The molecule has 0 radical (unpaired) electrons. The molecule has 2 aromatic heterocycles. The number of aromatic nitrogens is 3. The zero-order valence-electron chi connectivity index (χ0n) is 9.44. The second-order valence-corrected chi connectivity index (χ2v) is 4.03. The second-order valence-electron chi connectivity index (χ2n) is 4.03. The lowest BCUT2D eigenvalue weighted by Gasteiger charge is -1.97. The quantitative estimate of drug-likeness (QED) is 0.624. The summed E-state index contributed by atoms with van der Waals surface area (Å²) in [5, 5.41) is 0. The van der Waals surface area contributed by atoms with Crippen LogP contribution in [0, 0.1) is 6.92 Å². The Kier molecular flexibility index (Phi) is 2.08. The Labute approximate surface area is 98.5 Å². The molecule has 0 atom stereocenters. The van der Waals surface area contributed by atoms with Crippen molar-refractivity contribution in [3.63, 3.8) is 0 Å². The fraction of sp³-hybridized carbons (Fsp3) is 0.0769. The number of rotatable bonds is 1. The molecule has 0 saturated heterocycles. The average molecular weight is 224 g/mol. The molecule has 0 spiro atoms.